The van der Waals surface area contributed by atoms with Gasteiger partial charge < -0.3 is 11.1 Å². The van der Waals surface area contributed by atoms with E-state index in [-0.39, 0.29) is 6.54 Å². The molecule has 0 amide bonds. The lowest BCUT2D eigenvalue weighted by molar-refractivity contribution is -0.115. The molecule has 0 aliphatic carbocycles. The molecule has 0 unspecified atom stereocenters. The summed E-state index contributed by atoms with van der Waals surface area (Å²) >= 11 is 5.76. The summed E-state index contributed by atoms with van der Waals surface area (Å²) in [5.74, 6) is 0. The van der Waals surface area contributed by atoms with E-state index in [4.69, 9.17) is 17.3 Å². The Kier molecular flexibility index (Phi) is 3.82. The second kappa shape index (κ2) is 4.72. The highest BCUT2D eigenvalue weighted by Crippen LogP contribution is 2.21. The molecule has 0 radical (unpaired) electrons. The van der Waals surface area contributed by atoms with Crippen LogP contribution < -0.4 is 11.1 Å². The van der Waals surface area contributed by atoms with Gasteiger partial charge in [0.15, 0.2) is 0 Å². The monoisotopic (exact) mass is 238 g/mol. The van der Waals surface area contributed by atoms with Gasteiger partial charge in [-0.25, -0.2) is 0 Å². The van der Waals surface area contributed by atoms with Gasteiger partial charge in [-0.2, -0.15) is 13.2 Å². The van der Waals surface area contributed by atoms with E-state index in [0.29, 0.717) is 16.3 Å². The predicted octanol–water partition coefficient (Wildman–Crippen LogP) is 2.77. The molecule has 0 saturated heterocycles. The highest BCUT2D eigenvalue weighted by Gasteiger charge is 2.26. The number of hydrogen-bond donors (Lipinski definition) is 2. The van der Waals surface area contributed by atoms with Crippen molar-refractivity contribution in [1.82, 2.24) is 0 Å². The molecule has 1 rings (SSSR count). The topological polar surface area (TPSA) is 38.0 Å². The van der Waals surface area contributed by atoms with Crippen LogP contribution in [0.15, 0.2) is 18.2 Å². The molecule has 0 saturated carbocycles. The molecule has 15 heavy (non-hydrogen) atoms. The third-order valence-electron chi connectivity index (χ3n) is 1.76. The Morgan fingerprint density at radius 3 is 2.53 bits per heavy atom. The van der Waals surface area contributed by atoms with E-state index in [0.717, 1.165) is 0 Å². The van der Waals surface area contributed by atoms with Crippen LogP contribution in [0.1, 0.15) is 5.56 Å². The minimum Gasteiger partial charge on any atom is -0.376 e. The molecule has 3 N–H and O–H groups in total. The van der Waals surface area contributed by atoms with Gasteiger partial charge in [0.1, 0.15) is 6.54 Å². The van der Waals surface area contributed by atoms with Crippen molar-refractivity contribution in [2.24, 2.45) is 5.73 Å². The lowest BCUT2D eigenvalue weighted by Gasteiger charge is -2.11. The first-order valence-corrected chi connectivity index (χ1v) is 4.59. The van der Waals surface area contributed by atoms with Crippen LogP contribution >= 0.6 is 11.6 Å². The molecule has 0 fully saturated rings. The van der Waals surface area contributed by atoms with Crippen molar-refractivity contribution < 1.29 is 13.2 Å². The van der Waals surface area contributed by atoms with Crippen molar-refractivity contribution in [2.75, 3.05) is 11.9 Å². The van der Waals surface area contributed by atoms with E-state index in [2.05, 4.69) is 5.32 Å². The van der Waals surface area contributed by atoms with Gasteiger partial charge in [-0.3, -0.25) is 0 Å². The molecule has 0 aliphatic heterocycles. The van der Waals surface area contributed by atoms with Crippen LogP contribution in [0.5, 0.6) is 0 Å². The second-order valence-corrected chi connectivity index (χ2v) is 3.39. The fraction of sp³-hybridized carbons (Fsp3) is 0.333. The number of rotatable bonds is 3. The van der Waals surface area contributed by atoms with Gasteiger partial charge in [0, 0.05) is 17.3 Å². The smallest absolute Gasteiger partial charge is 0.376 e. The number of nitrogens with two attached hydrogens (primary N) is 1. The van der Waals surface area contributed by atoms with E-state index in [1.807, 2.05) is 0 Å². The molecule has 0 aromatic heterocycles. The number of alkyl halides is 3. The number of anilines is 1. The minimum absolute atomic E-state index is 0.195. The largest absolute Gasteiger partial charge is 0.405 e. The molecule has 1 aromatic carbocycles. The lowest BCUT2D eigenvalue weighted by atomic mass is 10.2. The molecule has 0 aliphatic rings. The number of hydrogen-bond acceptors (Lipinski definition) is 2. The Labute approximate surface area is 90.2 Å². The summed E-state index contributed by atoms with van der Waals surface area (Å²) in [6.07, 6.45) is -4.23. The Balaban J connectivity index is 2.70. The first kappa shape index (κ1) is 12.1. The average Bonchev–Trinajstić information content (AvgIpc) is 2.15. The lowest BCUT2D eigenvalue weighted by Crippen LogP contribution is -2.21. The molecule has 0 spiro atoms. The van der Waals surface area contributed by atoms with E-state index in [9.17, 15) is 13.2 Å². The zero-order valence-electron chi connectivity index (χ0n) is 7.74. The molecule has 0 atom stereocenters. The van der Waals surface area contributed by atoms with Crippen molar-refractivity contribution in [3.05, 3.63) is 28.8 Å². The standard InChI is InChI=1S/C9H10ClF3N2/c10-8-2-1-7(3-6(8)4-14)15-5-9(11,12)13/h1-3,15H,4-5,14H2. The van der Waals surface area contributed by atoms with Gasteiger partial charge in [-0.05, 0) is 23.8 Å². The maximum atomic E-state index is 11.9. The van der Waals surface area contributed by atoms with Gasteiger partial charge in [-0.1, -0.05) is 11.6 Å². The van der Waals surface area contributed by atoms with Gasteiger partial charge >= 0.3 is 6.18 Å². The second-order valence-electron chi connectivity index (χ2n) is 2.98. The molecule has 2 nitrogen and oxygen atoms in total. The quantitative estimate of drug-likeness (QED) is 0.850. The fourth-order valence-corrected chi connectivity index (χ4v) is 1.24. The summed E-state index contributed by atoms with van der Waals surface area (Å²) in [5.41, 5.74) is 6.34. The summed E-state index contributed by atoms with van der Waals surface area (Å²) in [6.45, 7) is -0.876. The van der Waals surface area contributed by atoms with Crippen LogP contribution in [-0.4, -0.2) is 12.7 Å². The zero-order chi connectivity index (χ0) is 11.5. The first-order valence-electron chi connectivity index (χ1n) is 4.21. The van der Waals surface area contributed by atoms with Crippen molar-refractivity contribution in [2.45, 2.75) is 12.7 Å². The van der Waals surface area contributed by atoms with Crippen LogP contribution in [0.2, 0.25) is 5.02 Å². The summed E-state index contributed by atoms with van der Waals surface area (Å²) in [6, 6.07) is 4.50. The summed E-state index contributed by atoms with van der Waals surface area (Å²) in [5, 5.41) is 2.70. The molecule has 1 aromatic rings. The van der Waals surface area contributed by atoms with Gasteiger partial charge in [0.25, 0.3) is 0 Å². The van der Waals surface area contributed by atoms with Gasteiger partial charge in [0.2, 0.25) is 0 Å². The van der Waals surface area contributed by atoms with Crippen LogP contribution in [0.4, 0.5) is 18.9 Å². The van der Waals surface area contributed by atoms with Crippen LogP contribution in [0.25, 0.3) is 0 Å². The van der Waals surface area contributed by atoms with Crippen molar-refractivity contribution in [3.8, 4) is 0 Å². The van der Waals surface area contributed by atoms with Gasteiger partial charge in [-0.15, -0.1) is 0 Å². The van der Waals surface area contributed by atoms with Crippen LogP contribution in [0.3, 0.4) is 0 Å². The van der Waals surface area contributed by atoms with Crippen molar-refractivity contribution in [1.29, 1.82) is 0 Å². The molecular weight excluding hydrogens is 229 g/mol. The molecule has 6 heteroatoms. The number of halogens is 4. The molecule has 84 valence electrons. The summed E-state index contributed by atoms with van der Waals surface area (Å²) in [4.78, 5) is 0. The van der Waals surface area contributed by atoms with Gasteiger partial charge in [0.05, 0.1) is 0 Å². The first-order chi connectivity index (χ1) is 6.92. The molecular formula is C9H10ClF3N2. The Morgan fingerprint density at radius 1 is 1.33 bits per heavy atom. The fourth-order valence-electron chi connectivity index (χ4n) is 1.04. The van der Waals surface area contributed by atoms with Crippen molar-refractivity contribution in [3.63, 3.8) is 0 Å². The third kappa shape index (κ3) is 3.97. The van der Waals surface area contributed by atoms with E-state index in [1.165, 1.54) is 18.2 Å². The third-order valence-corrected chi connectivity index (χ3v) is 2.13. The summed E-state index contributed by atoms with van der Waals surface area (Å²) < 4.78 is 35.7. The Hall–Kier alpha value is -0.940. The van der Waals surface area contributed by atoms with E-state index >= 15 is 0 Å². The number of nitrogens with one attached hydrogen (secondary N) is 1. The zero-order valence-corrected chi connectivity index (χ0v) is 8.49. The Morgan fingerprint density at radius 2 is 2.00 bits per heavy atom. The minimum atomic E-state index is -4.23. The normalized spacial score (nSPS) is 11.5. The summed E-state index contributed by atoms with van der Waals surface area (Å²) in [7, 11) is 0. The molecule has 0 heterocycles. The van der Waals surface area contributed by atoms with Crippen LogP contribution in [-0.2, 0) is 6.54 Å². The maximum absolute atomic E-state index is 11.9. The van der Waals surface area contributed by atoms with E-state index < -0.39 is 12.7 Å². The van der Waals surface area contributed by atoms with Crippen LogP contribution in [0, 0.1) is 0 Å². The Bertz CT molecular complexity index is 339. The highest BCUT2D eigenvalue weighted by molar-refractivity contribution is 6.31. The highest BCUT2D eigenvalue weighted by atomic mass is 35.5. The number of benzene rings is 1. The SMILES string of the molecule is NCc1cc(NCC(F)(F)F)ccc1Cl. The van der Waals surface area contributed by atoms with Crippen molar-refractivity contribution >= 4 is 17.3 Å². The predicted molar refractivity (Wildman–Crippen MR) is 53.9 cm³/mol. The molecule has 0 bridgehead atoms. The van der Waals surface area contributed by atoms with E-state index in [1.54, 1.807) is 0 Å². The maximum Gasteiger partial charge on any atom is 0.405 e. The average molecular weight is 239 g/mol.